The zero-order valence-electron chi connectivity index (χ0n) is 10.5. The monoisotopic (exact) mass is 234 g/mol. The first kappa shape index (κ1) is 12.4. The largest absolute Gasteiger partial charge is 0.492 e. The van der Waals surface area contributed by atoms with E-state index in [9.17, 15) is 0 Å². The van der Waals surface area contributed by atoms with Gasteiger partial charge < -0.3 is 10.5 Å². The van der Waals surface area contributed by atoms with Crippen LogP contribution < -0.4 is 10.5 Å². The fourth-order valence-electron chi connectivity index (χ4n) is 2.30. The maximum atomic E-state index is 5.92. The fourth-order valence-corrected chi connectivity index (χ4v) is 2.30. The van der Waals surface area contributed by atoms with Crippen molar-refractivity contribution in [3.8, 4) is 5.75 Å². The molecule has 2 rings (SSSR count). The van der Waals surface area contributed by atoms with E-state index < -0.39 is 0 Å². The number of benzene rings is 1. The highest BCUT2D eigenvalue weighted by atomic mass is 16.5. The number of hydrogen-bond donors (Lipinski definition) is 1. The Morgan fingerprint density at radius 1 is 1.41 bits per heavy atom. The Kier molecular flexibility index (Phi) is 4.40. The highest BCUT2D eigenvalue weighted by molar-refractivity contribution is 5.20. The molecule has 17 heavy (non-hydrogen) atoms. The third kappa shape index (κ3) is 3.72. The van der Waals surface area contributed by atoms with Crippen molar-refractivity contribution in [2.75, 3.05) is 26.2 Å². The molecule has 3 heteroatoms. The van der Waals surface area contributed by atoms with Crippen LogP contribution in [0.25, 0.3) is 0 Å². The highest BCUT2D eigenvalue weighted by Gasteiger charge is 2.24. The molecule has 1 aromatic rings. The van der Waals surface area contributed by atoms with Crippen LogP contribution in [0, 0.1) is 5.92 Å². The molecular weight excluding hydrogens is 212 g/mol. The molecule has 0 saturated carbocycles. The summed E-state index contributed by atoms with van der Waals surface area (Å²) in [5.41, 5.74) is 5.92. The second kappa shape index (κ2) is 6.03. The van der Waals surface area contributed by atoms with Crippen molar-refractivity contribution >= 4 is 0 Å². The van der Waals surface area contributed by atoms with Crippen LogP contribution in [-0.4, -0.2) is 37.2 Å². The number of ether oxygens (including phenoxy) is 1. The Hall–Kier alpha value is -1.06. The maximum absolute atomic E-state index is 5.92. The number of nitrogens with zero attached hydrogens (tertiary/aromatic N) is 1. The summed E-state index contributed by atoms with van der Waals surface area (Å²) < 4.78 is 5.69. The van der Waals surface area contributed by atoms with Crippen LogP contribution in [0.5, 0.6) is 5.75 Å². The van der Waals surface area contributed by atoms with Crippen LogP contribution in [0.15, 0.2) is 30.3 Å². The number of nitrogens with two attached hydrogens (primary N) is 1. The van der Waals surface area contributed by atoms with Gasteiger partial charge in [0, 0.05) is 19.1 Å². The Bertz CT molecular complexity index is 326. The lowest BCUT2D eigenvalue weighted by Crippen LogP contribution is -2.31. The van der Waals surface area contributed by atoms with Crippen LogP contribution in [0.2, 0.25) is 0 Å². The minimum Gasteiger partial charge on any atom is -0.492 e. The predicted octanol–water partition coefficient (Wildman–Crippen LogP) is 1.73. The van der Waals surface area contributed by atoms with E-state index in [1.54, 1.807) is 0 Å². The minimum absolute atomic E-state index is 0.315. The van der Waals surface area contributed by atoms with Gasteiger partial charge in [0.2, 0.25) is 0 Å². The summed E-state index contributed by atoms with van der Waals surface area (Å²) in [5.74, 6) is 1.61. The Morgan fingerprint density at radius 3 is 2.82 bits per heavy atom. The summed E-state index contributed by atoms with van der Waals surface area (Å²) in [6, 6.07) is 10.3. The van der Waals surface area contributed by atoms with Gasteiger partial charge in [0.05, 0.1) is 0 Å². The topological polar surface area (TPSA) is 38.5 Å². The van der Waals surface area contributed by atoms with Crippen LogP contribution in [-0.2, 0) is 0 Å². The van der Waals surface area contributed by atoms with Crippen molar-refractivity contribution in [2.45, 2.75) is 19.4 Å². The fraction of sp³-hybridized carbons (Fsp3) is 0.571. The molecular formula is C14H22N2O. The van der Waals surface area contributed by atoms with Gasteiger partial charge in [-0.3, -0.25) is 4.90 Å². The molecule has 1 heterocycles. The first-order valence-electron chi connectivity index (χ1n) is 6.41. The van der Waals surface area contributed by atoms with E-state index in [2.05, 4.69) is 11.8 Å². The van der Waals surface area contributed by atoms with Crippen LogP contribution in [0.3, 0.4) is 0 Å². The molecule has 0 spiro atoms. The Labute approximate surface area is 104 Å². The lowest BCUT2D eigenvalue weighted by Gasteiger charge is -2.17. The van der Waals surface area contributed by atoms with Crippen LogP contribution >= 0.6 is 0 Å². The maximum Gasteiger partial charge on any atom is 0.119 e. The first-order valence-corrected chi connectivity index (χ1v) is 6.41. The van der Waals surface area contributed by atoms with E-state index in [1.165, 1.54) is 6.42 Å². The summed E-state index contributed by atoms with van der Waals surface area (Å²) >= 11 is 0. The van der Waals surface area contributed by atoms with E-state index in [4.69, 9.17) is 10.5 Å². The zero-order valence-corrected chi connectivity index (χ0v) is 10.5. The molecule has 1 aliphatic rings. The SMILES string of the molecule is CC(N)C1CCN(CCOc2ccccc2)C1. The molecule has 2 atom stereocenters. The third-order valence-corrected chi connectivity index (χ3v) is 3.47. The van der Waals surface area contributed by atoms with Gasteiger partial charge in [-0.2, -0.15) is 0 Å². The van der Waals surface area contributed by atoms with Crippen molar-refractivity contribution in [3.05, 3.63) is 30.3 Å². The summed E-state index contributed by atoms with van der Waals surface area (Å²) in [6.07, 6.45) is 1.23. The molecule has 94 valence electrons. The van der Waals surface area contributed by atoms with Gasteiger partial charge in [-0.15, -0.1) is 0 Å². The number of rotatable bonds is 5. The first-order chi connectivity index (χ1) is 8.25. The molecule has 1 fully saturated rings. The van der Waals surface area contributed by atoms with E-state index in [-0.39, 0.29) is 0 Å². The average Bonchev–Trinajstić information content (AvgIpc) is 2.79. The molecule has 0 aliphatic carbocycles. The zero-order chi connectivity index (χ0) is 12.1. The molecule has 0 amide bonds. The number of hydrogen-bond acceptors (Lipinski definition) is 3. The van der Waals surface area contributed by atoms with Gasteiger partial charge in [0.25, 0.3) is 0 Å². The minimum atomic E-state index is 0.315. The van der Waals surface area contributed by atoms with E-state index in [0.29, 0.717) is 12.0 Å². The normalized spacial score (nSPS) is 22.6. The smallest absolute Gasteiger partial charge is 0.119 e. The molecule has 3 nitrogen and oxygen atoms in total. The molecule has 2 unspecified atom stereocenters. The molecule has 0 bridgehead atoms. The molecule has 1 saturated heterocycles. The molecule has 1 aliphatic heterocycles. The lowest BCUT2D eigenvalue weighted by atomic mass is 10.0. The highest BCUT2D eigenvalue weighted by Crippen LogP contribution is 2.18. The van der Waals surface area contributed by atoms with Gasteiger partial charge in [-0.1, -0.05) is 18.2 Å². The third-order valence-electron chi connectivity index (χ3n) is 3.47. The summed E-state index contributed by atoms with van der Waals surface area (Å²) in [7, 11) is 0. The quantitative estimate of drug-likeness (QED) is 0.843. The van der Waals surface area contributed by atoms with Crippen molar-refractivity contribution in [1.29, 1.82) is 0 Å². The summed E-state index contributed by atoms with van der Waals surface area (Å²) in [6.45, 7) is 6.14. The van der Waals surface area contributed by atoms with Gasteiger partial charge in [0.15, 0.2) is 0 Å². The number of likely N-dealkylation sites (tertiary alicyclic amines) is 1. The second-order valence-corrected chi connectivity index (χ2v) is 4.87. The van der Waals surface area contributed by atoms with E-state index >= 15 is 0 Å². The Morgan fingerprint density at radius 2 is 2.18 bits per heavy atom. The molecule has 0 aromatic heterocycles. The van der Waals surface area contributed by atoms with Gasteiger partial charge in [0.1, 0.15) is 12.4 Å². The van der Waals surface area contributed by atoms with Crippen LogP contribution in [0.1, 0.15) is 13.3 Å². The molecule has 1 aromatic carbocycles. The van der Waals surface area contributed by atoms with Gasteiger partial charge >= 0.3 is 0 Å². The lowest BCUT2D eigenvalue weighted by molar-refractivity contribution is 0.230. The van der Waals surface area contributed by atoms with Gasteiger partial charge in [-0.25, -0.2) is 0 Å². The van der Waals surface area contributed by atoms with E-state index in [0.717, 1.165) is 32.0 Å². The Balaban J connectivity index is 1.67. The molecule has 0 radical (unpaired) electrons. The molecule has 2 N–H and O–H groups in total. The standard InChI is InChI=1S/C14H22N2O/c1-12(15)13-7-8-16(11-13)9-10-17-14-5-3-2-4-6-14/h2-6,12-13H,7-11,15H2,1H3. The van der Waals surface area contributed by atoms with Crippen molar-refractivity contribution in [3.63, 3.8) is 0 Å². The van der Waals surface area contributed by atoms with Crippen LogP contribution in [0.4, 0.5) is 0 Å². The number of para-hydroxylation sites is 1. The summed E-state index contributed by atoms with van der Waals surface area (Å²) in [4.78, 5) is 2.44. The van der Waals surface area contributed by atoms with Crippen molar-refractivity contribution in [2.24, 2.45) is 11.7 Å². The average molecular weight is 234 g/mol. The van der Waals surface area contributed by atoms with Crippen molar-refractivity contribution in [1.82, 2.24) is 4.90 Å². The van der Waals surface area contributed by atoms with E-state index in [1.807, 2.05) is 30.3 Å². The summed E-state index contributed by atoms with van der Waals surface area (Å²) in [5, 5.41) is 0. The van der Waals surface area contributed by atoms with Gasteiger partial charge in [-0.05, 0) is 37.9 Å². The second-order valence-electron chi connectivity index (χ2n) is 4.87. The van der Waals surface area contributed by atoms with Crippen molar-refractivity contribution < 1.29 is 4.74 Å². The predicted molar refractivity (Wildman–Crippen MR) is 70.1 cm³/mol.